The molecule has 0 radical (unpaired) electrons. The Morgan fingerprint density at radius 1 is 0.417 bits per heavy atom. The highest BCUT2D eigenvalue weighted by molar-refractivity contribution is 6.11. The summed E-state index contributed by atoms with van der Waals surface area (Å²) in [5, 5.41) is 4.30. The zero-order chi connectivity index (χ0) is 31.9. The molecule has 5 heteroatoms. The minimum absolute atomic E-state index is 0.584. The highest BCUT2D eigenvalue weighted by Gasteiger charge is 2.22. The highest BCUT2D eigenvalue weighted by Crippen LogP contribution is 2.41. The monoisotopic (exact) mass is 616 g/mol. The van der Waals surface area contributed by atoms with E-state index in [4.69, 9.17) is 19.4 Å². The summed E-state index contributed by atoms with van der Waals surface area (Å²) in [7, 11) is 0. The lowest BCUT2D eigenvalue weighted by atomic mass is 10.0. The smallest absolute Gasteiger partial charge is 0.166 e. The van der Waals surface area contributed by atoms with Gasteiger partial charge in [0.05, 0.1) is 5.69 Å². The van der Waals surface area contributed by atoms with Crippen LogP contribution in [0, 0.1) is 0 Å². The number of furan rings is 1. The Bertz CT molecular complexity index is 2540. The van der Waals surface area contributed by atoms with Crippen LogP contribution < -0.4 is 4.90 Å². The van der Waals surface area contributed by atoms with E-state index in [0.29, 0.717) is 17.5 Å². The van der Waals surface area contributed by atoms with Gasteiger partial charge in [0.1, 0.15) is 11.2 Å². The molecule has 0 amide bonds. The molecule has 5 nitrogen and oxygen atoms in total. The minimum Gasteiger partial charge on any atom is -0.456 e. The molecule has 0 spiro atoms. The zero-order valence-electron chi connectivity index (χ0n) is 25.9. The van der Waals surface area contributed by atoms with Gasteiger partial charge in [-0.2, -0.15) is 0 Å². The Hall–Kier alpha value is -6.59. The topological polar surface area (TPSA) is 55.1 Å². The second kappa shape index (κ2) is 11.6. The van der Waals surface area contributed by atoms with Crippen LogP contribution in [0.4, 0.5) is 17.1 Å². The fourth-order valence-electron chi connectivity index (χ4n) is 6.47. The first-order chi connectivity index (χ1) is 23.8. The molecule has 0 aliphatic heterocycles. The maximum Gasteiger partial charge on any atom is 0.166 e. The molecule has 9 rings (SSSR count). The highest BCUT2D eigenvalue weighted by atomic mass is 16.3. The third kappa shape index (κ3) is 4.86. The largest absolute Gasteiger partial charge is 0.456 e. The molecule has 0 N–H and O–H groups in total. The molecule has 0 bridgehead atoms. The fourth-order valence-corrected chi connectivity index (χ4v) is 6.47. The molecule has 9 aromatic rings. The predicted octanol–water partition coefficient (Wildman–Crippen LogP) is 11.4. The Morgan fingerprint density at radius 3 is 1.79 bits per heavy atom. The van der Waals surface area contributed by atoms with Crippen LogP contribution >= 0.6 is 0 Å². The summed E-state index contributed by atoms with van der Waals surface area (Å²) < 4.78 is 6.26. The van der Waals surface area contributed by atoms with E-state index in [0.717, 1.165) is 66.5 Å². The Morgan fingerprint density at radius 2 is 1.00 bits per heavy atom. The first kappa shape index (κ1) is 27.7. The van der Waals surface area contributed by atoms with Gasteiger partial charge in [-0.25, -0.2) is 15.0 Å². The van der Waals surface area contributed by atoms with Crippen LogP contribution in [0.1, 0.15) is 0 Å². The quantitative estimate of drug-likeness (QED) is 0.186. The number of para-hydroxylation sites is 4. The van der Waals surface area contributed by atoms with Crippen LogP contribution in [0.25, 0.3) is 66.9 Å². The SMILES string of the molecule is c1ccc(N(c2ccccc2)c2ccccc2-c2nc(-c3ccc4ccccc4c3)nc(-c3cccc4oc5ccccc5c34)n2)cc1. The van der Waals surface area contributed by atoms with Gasteiger partial charge in [-0.05, 0) is 65.4 Å². The van der Waals surface area contributed by atoms with Gasteiger partial charge in [0.25, 0.3) is 0 Å². The summed E-state index contributed by atoms with van der Waals surface area (Å²) in [5.74, 6) is 1.77. The lowest BCUT2D eigenvalue weighted by Crippen LogP contribution is -2.12. The van der Waals surface area contributed by atoms with Crippen LogP contribution in [0.2, 0.25) is 0 Å². The van der Waals surface area contributed by atoms with Crippen molar-refractivity contribution >= 4 is 49.8 Å². The van der Waals surface area contributed by atoms with E-state index in [1.165, 1.54) is 0 Å². The molecule has 0 saturated carbocycles. The molecule has 0 fully saturated rings. The molecular weight excluding hydrogens is 589 g/mol. The summed E-state index contributed by atoms with van der Waals surface area (Å²) in [6, 6.07) is 58.0. The molecule has 226 valence electrons. The van der Waals surface area contributed by atoms with Crippen molar-refractivity contribution in [3.8, 4) is 34.2 Å². The Kier molecular flexibility index (Phi) is 6.72. The molecule has 0 saturated heterocycles. The minimum atomic E-state index is 0.584. The van der Waals surface area contributed by atoms with Gasteiger partial charge in [0, 0.05) is 38.8 Å². The summed E-state index contributed by atoms with van der Waals surface area (Å²) in [4.78, 5) is 17.8. The van der Waals surface area contributed by atoms with Crippen LogP contribution in [-0.4, -0.2) is 15.0 Å². The normalized spacial score (nSPS) is 11.3. The molecule has 0 aliphatic carbocycles. The van der Waals surface area contributed by atoms with Crippen LogP contribution in [0.3, 0.4) is 0 Å². The van der Waals surface area contributed by atoms with E-state index < -0.39 is 0 Å². The van der Waals surface area contributed by atoms with Gasteiger partial charge < -0.3 is 9.32 Å². The molecule has 0 aliphatic rings. The second-order valence-electron chi connectivity index (χ2n) is 11.7. The van der Waals surface area contributed by atoms with Crippen molar-refractivity contribution in [2.45, 2.75) is 0 Å². The standard InChI is InChI=1S/C43H28N4O/c1-3-16-32(17-4-1)47(33-18-5-2-6-19-33)37-23-11-9-20-34(37)42-44-41(31-27-26-29-14-7-8-15-30(29)28-31)45-43(46-42)36-22-13-25-39-40(36)35-21-10-12-24-38(35)48-39/h1-28H. The number of aromatic nitrogens is 3. The Labute approximate surface area is 277 Å². The van der Waals surface area contributed by atoms with Crippen LogP contribution in [-0.2, 0) is 0 Å². The maximum absolute atomic E-state index is 6.26. The van der Waals surface area contributed by atoms with Gasteiger partial charge in [0.15, 0.2) is 17.5 Å². The number of nitrogens with zero attached hydrogens (tertiary/aromatic N) is 4. The predicted molar refractivity (Wildman–Crippen MR) is 196 cm³/mol. The molecular formula is C43H28N4O. The van der Waals surface area contributed by atoms with E-state index in [1.807, 2.05) is 48.5 Å². The zero-order valence-corrected chi connectivity index (χ0v) is 25.9. The molecule has 48 heavy (non-hydrogen) atoms. The van der Waals surface area contributed by atoms with Crippen molar-refractivity contribution in [2.24, 2.45) is 0 Å². The fraction of sp³-hybridized carbons (Fsp3) is 0. The molecule has 0 unspecified atom stereocenters. The van der Waals surface area contributed by atoms with Gasteiger partial charge in [0.2, 0.25) is 0 Å². The molecule has 2 heterocycles. The second-order valence-corrected chi connectivity index (χ2v) is 11.7. The van der Waals surface area contributed by atoms with E-state index in [-0.39, 0.29) is 0 Å². The summed E-state index contributed by atoms with van der Waals surface area (Å²) >= 11 is 0. The number of hydrogen-bond acceptors (Lipinski definition) is 5. The van der Waals surface area contributed by atoms with Crippen LogP contribution in [0.15, 0.2) is 174 Å². The van der Waals surface area contributed by atoms with Crippen molar-refractivity contribution in [2.75, 3.05) is 4.90 Å². The number of rotatable bonds is 6. The number of fused-ring (bicyclic) bond motifs is 4. The average Bonchev–Trinajstić information content (AvgIpc) is 3.55. The van der Waals surface area contributed by atoms with E-state index in [9.17, 15) is 0 Å². The van der Waals surface area contributed by atoms with Crippen molar-refractivity contribution < 1.29 is 4.42 Å². The number of anilines is 3. The number of hydrogen-bond donors (Lipinski definition) is 0. The van der Waals surface area contributed by atoms with Crippen molar-refractivity contribution in [1.29, 1.82) is 0 Å². The van der Waals surface area contributed by atoms with Crippen molar-refractivity contribution in [3.05, 3.63) is 170 Å². The first-order valence-corrected chi connectivity index (χ1v) is 16.0. The van der Waals surface area contributed by atoms with Gasteiger partial charge in [-0.3, -0.25) is 0 Å². The molecule has 7 aromatic carbocycles. The lowest BCUT2D eigenvalue weighted by Gasteiger charge is -2.27. The third-order valence-electron chi connectivity index (χ3n) is 8.70. The molecule has 2 aromatic heterocycles. The van der Waals surface area contributed by atoms with E-state index >= 15 is 0 Å². The lowest BCUT2D eigenvalue weighted by molar-refractivity contribution is 0.669. The summed E-state index contributed by atoms with van der Waals surface area (Å²) in [5.41, 5.74) is 7.36. The van der Waals surface area contributed by atoms with Gasteiger partial charge in [-0.15, -0.1) is 0 Å². The first-order valence-electron chi connectivity index (χ1n) is 16.0. The van der Waals surface area contributed by atoms with Gasteiger partial charge in [-0.1, -0.05) is 115 Å². The summed E-state index contributed by atoms with van der Waals surface area (Å²) in [6.07, 6.45) is 0. The van der Waals surface area contributed by atoms with E-state index in [2.05, 4.69) is 126 Å². The third-order valence-corrected chi connectivity index (χ3v) is 8.70. The van der Waals surface area contributed by atoms with E-state index in [1.54, 1.807) is 0 Å². The van der Waals surface area contributed by atoms with Crippen molar-refractivity contribution in [1.82, 2.24) is 15.0 Å². The molecule has 0 atom stereocenters. The maximum atomic E-state index is 6.26. The summed E-state index contributed by atoms with van der Waals surface area (Å²) in [6.45, 7) is 0. The number of benzene rings is 7. The van der Waals surface area contributed by atoms with Crippen molar-refractivity contribution in [3.63, 3.8) is 0 Å². The van der Waals surface area contributed by atoms with Crippen LogP contribution in [0.5, 0.6) is 0 Å². The Balaban J connectivity index is 1.31. The van der Waals surface area contributed by atoms with Gasteiger partial charge >= 0.3 is 0 Å². The average molecular weight is 617 g/mol.